The molecule has 116 valence electrons. The van der Waals surface area contributed by atoms with Crippen molar-refractivity contribution in [3.8, 4) is 10.7 Å². The molecule has 3 heterocycles. The zero-order valence-corrected chi connectivity index (χ0v) is 13.2. The molecule has 1 N–H and O–H groups in total. The minimum Gasteiger partial charge on any atom is -0.332 e. The van der Waals surface area contributed by atoms with Crippen molar-refractivity contribution in [3.63, 3.8) is 0 Å². The van der Waals surface area contributed by atoms with Crippen LogP contribution in [0, 0.1) is 0 Å². The average Bonchev–Trinajstić information content (AvgIpc) is 3.03. The monoisotopic (exact) mass is 318 g/mol. The number of nitrogens with one attached hydrogen (secondary N) is 1. The molecule has 2 aromatic heterocycles. The lowest BCUT2D eigenvalue weighted by Crippen LogP contribution is -2.50. The van der Waals surface area contributed by atoms with E-state index in [0.717, 1.165) is 42.6 Å². The second kappa shape index (κ2) is 6.80. The molecular weight excluding hydrogens is 300 g/mol. The predicted molar refractivity (Wildman–Crippen MR) is 84.4 cm³/mol. The molecular formula is C14H18N6OS. The Morgan fingerprint density at radius 3 is 2.86 bits per heavy atom. The van der Waals surface area contributed by atoms with Crippen LogP contribution in [-0.2, 0) is 6.54 Å². The van der Waals surface area contributed by atoms with Gasteiger partial charge in [-0.05, 0) is 7.05 Å². The van der Waals surface area contributed by atoms with E-state index in [1.54, 1.807) is 18.6 Å². The summed E-state index contributed by atoms with van der Waals surface area (Å²) in [5.41, 5.74) is 1.59. The number of thiazole rings is 1. The number of likely N-dealkylation sites (N-methyl/N-ethyl adjacent to an activating group) is 1. The molecule has 0 aliphatic carbocycles. The van der Waals surface area contributed by atoms with Crippen LogP contribution in [-0.4, -0.2) is 64.0 Å². The van der Waals surface area contributed by atoms with E-state index >= 15 is 0 Å². The van der Waals surface area contributed by atoms with Crippen molar-refractivity contribution in [2.75, 3.05) is 33.2 Å². The topological polar surface area (TPSA) is 74.2 Å². The van der Waals surface area contributed by atoms with Crippen molar-refractivity contribution in [1.29, 1.82) is 0 Å². The van der Waals surface area contributed by atoms with Gasteiger partial charge >= 0.3 is 6.03 Å². The van der Waals surface area contributed by atoms with E-state index in [-0.39, 0.29) is 6.03 Å². The number of urea groups is 1. The van der Waals surface area contributed by atoms with Crippen LogP contribution in [0.25, 0.3) is 10.7 Å². The molecule has 0 spiro atoms. The van der Waals surface area contributed by atoms with Crippen molar-refractivity contribution in [2.24, 2.45) is 0 Å². The minimum absolute atomic E-state index is 0.0258. The maximum atomic E-state index is 12.1. The number of carbonyl (C=O) groups is 1. The first-order valence-electron chi connectivity index (χ1n) is 7.14. The lowest BCUT2D eigenvalue weighted by atomic mass is 10.3. The van der Waals surface area contributed by atoms with Gasteiger partial charge in [0.15, 0.2) is 0 Å². The summed E-state index contributed by atoms with van der Waals surface area (Å²) >= 11 is 1.51. The standard InChI is InChI=1S/C14H18N6OS/c1-19-4-6-20(7-5-19)14(21)17-8-11-10-22-13(18-11)12-9-15-2-3-16-12/h2-3,9-10H,4-8H2,1H3,(H,17,21). The SMILES string of the molecule is CN1CCN(C(=O)NCc2csc(-c3cnccn3)n2)CC1. The number of hydrogen-bond acceptors (Lipinski definition) is 6. The van der Waals surface area contributed by atoms with E-state index in [1.165, 1.54) is 11.3 Å². The Labute approximate surface area is 133 Å². The highest BCUT2D eigenvalue weighted by Crippen LogP contribution is 2.20. The van der Waals surface area contributed by atoms with Gasteiger partial charge in [0.1, 0.15) is 10.7 Å². The van der Waals surface area contributed by atoms with Crippen LogP contribution in [0.3, 0.4) is 0 Å². The molecule has 0 saturated carbocycles. The van der Waals surface area contributed by atoms with Gasteiger partial charge in [-0.25, -0.2) is 9.78 Å². The highest BCUT2D eigenvalue weighted by Gasteiger charge is 2.18. The Bertz CT molecular complexity index is 623. The highest BCUT2D eigenvalue weighted by molar-refractivity contribution is 7.13. The third kappa shape index (κ3) is 3.58. The van der Waals surface area contributed by atoms with E-state index in [9.17, 15) is 4.79 Å². The molecule has 1 fully saturated rings. The molecule has 22 heavy (non-hydrogen) atoms. The summed E-state index contributed by atoms with van der Waals surface area (Å²) in [5.74, 6) is 0. The Kier molecular flexibility index (Phi) is 4.59. The summed E-state index contributed by atoms with van der Waals surface area (Å²) in [4.78, 5) is 28.9. The van der Waals surface area contributed by atoms with Gasteiger partial charge in [0, 0.05) is 44.0 Å². The molecule has 8 heteroatoms. The van der Waals surface area contributed by atoms with Crippen LogP contribution < -0.4 is 5.32 Å². The van der Waals surface area contributed by atoms with Crippen molar-refractivity contribution < 1.29 is 4.79 Å². The average molecular weight is 318 g/mol. The van der Waals surface area contributed by atoms with Crippen molar-refractivity contribution in [2.45, 2.75) is 6.54 Å². The van der Waals surface area contributed by atoms with Gasteiger partial charge in [0.05, 0.1) is 18.4 Å². The summed E-state index contributed by atoms with van der Waals surface area (Å²) in [7, 11) is 2.07. The third-order valence-corrected chi connectivity index (χ3v) is 4.46. The summed E-state index contributed by atoms with van der Waals surface area (Å²) in [6.45, 7) is 3.80. The van der Waals surface area contributed by atoms with Gasteiger partial charge in [-0.15, -0.1) is 11.3 Å². The molecule has 0 aromatic carbocycles. The lowest BCUT2D eigenvalue weighted by molar-refractivity contribution is 0.154. The third-order valence-electron chi connectivity index (χ3n) is 3.55. The zero-order chi connectivity index (χ0) is 15.4. The molecule has 2 aromatic rings. The van der Waals surface area contributed by atoms with Crippen molar-refractivity contribution >= 4 is 17.4 Å². The second-order valence-corrected chi connectivity index (χ2v) is 6.04. The molecule has 3 rings (SSSR count). The minimum atomic E-state index is -0.0258. The van der Waals surface area contributed by atoms with E-state index in [1.807, 2.05) is 10.3 Å². The van der Waals surface area contributed by atoms with Crippen LogP contribution in [0.1, 0.15) is 5.69 Å². The normalized spacial score (nSPS) is 15.8. The predicted octanol–water partition coefficient (Wildman–Crippen LogP) is 1.06. The Morgan fingerprint density at radius 1 is 1.32 bits per heavy atom. The van der Waals surface area contributed by atoms with E-state index in [0.29, 0.717) is 6.54 Å². The van der Waals surface area contributed by atoms with Gasteiger partial charge in [0.25, 0.3) is 0 Å². The Balaban J connectivity index is 1.54. The fourth-order valence-electron chi connectivity index (χ4n) is 2.20. The fraction of sp³-hybridized carbons (Fsp3) is 0.429. The van der Waals surface area contributed by atoms with Crippen molar-refractivity contribution in [1.82, 2.24) is 30.1 Å². The quantitative estimate of drug-likeness (QED) is 0.916. The maximum absolute atomic E-state index is 12.1. The van der Waals surface area contributed by atoms with E-state index in [4.69, 9.17) is 0 Å². The lowest BCUT2D eigenvalue weighted by Gasteiger charge is -2.32. The fourth-order valence-corrected chi connectivity index (χ4v) is 2.98. The molecule has 7 nitrogen and oxygen atoms in total. The number of aromatic nitrogens is 3. The van der Waals surface area contributed by atoms with Crippen molar-refractivity contribution in [3.05, 3.63) is 29.7 Å². The van der Waals surface area contributed by atoms with E-state index < -0.39 is 0 Å². The number of hydrogen-bond donors (Lipinski definition) is 1. The van der Waals surface area contributed by atoms with Crippen LogP contribution in [0.2, 0.25) is 0 Å². The van der Waals surface area contributed by atoms with Gasteiger partial charge in [-0.3, -0.25) is 9.97 Å². The molecule has 0 bridgehead atoms. The Morgan fingerprint density at radius 2 is 2.14 bits per heavy atom. The number of carbonyl (C=O) groups excluding carboxylic acids is 1. The molecule has 1 saturated heterocycles. The highest BCUT2D eigenvalue weighted by atomic mass is 32.1. The summed E-state index contributed by atoms with van der Waals surface area (Å²) in [6.07, 6.45) is 4.96. The number of rotatable bonds is 3. The van der Waals surface area contributed by atoms with Gasteiger partial charge in [-0.2, -0.15) is 0 Å². The molecule has 2 amide bonds. The summed E-state index contributed by atoms with van der Waals surface area (Å²) in [5, 5.41) is 5.68. The summed E-state index contributed by atoms with van der Waals surface area (Å²) in [6, 6.07) is -0.0258. The zero-order valence-electron chi connectivity index (χ0n) is 12.4. The smallest absolute Gasteiger partial charge is 0.317 e. The largest absolute Gasteiger partial charge is 0.332 e. The number of piperazine rings is 1. The second-order valence-electron chi connectivity index (χ2n) is 5.18. The first-order valence-corrected chi connectivity index (χ1v) is 8.02. The first kappa shape index (κ1) is 14.9. The molecule has 1 aliphatic rings. The van der Waals surface area contributed by atoms with Crippen LogP contribution in [0.15, 0.2) is 24.0 Å². The van der Waals surface area contributed by atoms with Gasteiger partial charge < -0.3 is 15.1 Å². The van der Waals surface area contributed by atoms with E-state index in [2.05, 4.69) is 32.2 Å². The molecule has 0 radical (unpaired) electrons. The van der Waals surface area contributed by atoms with Crippen LogP contribution in [0.4, 0.5) is 4.79 Å². The maximum Gasteiger partial charge on any atom is 0.317 e. The van der Waals surface area contributed by atoms with Crippen LogP contribution in [0.5, 0.6) is 0 Å². The van der Waals surface area contributed by atoms with Gasteiger partial charge in [-0.1, -0.05) is 0 Å². The van der Waals surface area contributed by atoms with Gasteiger partial charge in [0.2, 0.25) is 0 Å². The Hall–Kier alpha value is -2.06. The number of nitrogens with zero attached hydrogens (tertiary/aromatic N) is 5. The molecule has 0 atom stereocenters. The first-order chi connectivity index (χ1) is 10.7. The number of amides is 2. The molecule has 1 aliphatic heterocycles. The molecule has 0 unspecified atom stereocenters. The summed E-state index contributed by atoms with van der Waals surface area (Å²) < 4.78 is 0. The van der Waals surface area contributed by atoms with Crippen LogP contribution >= 0.6 is 11.3 Å².